The number of carboxylic acids is 1. The van der Waals surface area contributed by atoms with Crippen LogP contribution in [0.2, 0.25) is 0 Å². The van der Waals surface area contributed by atoms with E-state index in [0.717, 1.165) is 37.4 Å². The maximum absolute atomic E-state index is 11.6. The molecule has 2 N–H and O–H groups in total. The van der Waals surface area contributed by atoms with Gasteiger partial charge in [0.25, 0.3) is 0 Å². The molecule has 2 aliphatic rings. The van der Waals surface area contributed by atoms with Crippen LogP contribution in [0.25, 0.3) is 11.5 Å². The summed E-state index contributed by atoms with van der Waals surface area (Å²) in [5, 5.41) is 12.8. The third-order valence-electron chi connectivity index (χ3n) is 4.23. The van der Waals surface area contributed by atoms with Gasteiger partial charge >= 0.3 is 5.97 Å². The van der Waals surface area contributed by atoms with E-state index in [2.05, 4.69) is 30.2 Å². The molecule has 0 atom stereocenters. The van der Waals surface area contributed by atoms with E-state index in [0.29, 0.717) is 24.7 Å². The van der Waals surface area contributed by atoms with Crippen molar-refractivity contribution in [2.75, 3.05) is 37.6 Å². The van der Waals surface area contributed by atoms with Crippen molar-refractivity contribution in [1.29, 1.82) is 0 Å². The minimum absolute atomic E-state index is 0.00307. The molecule has 2 aromatic heterocycles. The molecule has 1 fully saturated rings. The number of carbonyl (C=O) groups is 1. The Morgan fingerprint density at radius 3 is 2.80 bits per heavy atom. The second-order valence-corrected chi connectivity index (χ2v) is 5.86. The number of aromatic carboxylic acids is 1. The highest BCUT2D eigenvalue weighted by molar-refractivity contribution is 5.93. The number of piperazine rings is 1. The van der Waals surface area contributed by atoms with Crippen molar-refractivity contribution < 1.29 is 9.90 Å². The highest BCUT2D eigenvalue weighted by atomic mass is 16.4. The molecule has 0 spiro atoms. The van der Waals surface area contributed by atoms with E-state index in [1.165, 1.54) is 6.20 Å². The Bertz CT molecular complexity index is 846. The Labute approximate surface area is 143 Å². The Hall–Kier alpha value is -2.94. The fourth-order valence-corrected chi connectivity index (χ4v) is 2.90. The van der Waals surface area contributed by atoms with Crippen LogP contribution >= 0.6 is 0 Å². The standard InChI is InChI=1S/C16H17N7O2/c24-15(25)11-9-20-16(23-5-3-17-4-6-23)22-13(11)14-19-8-10-7-18-2-1-12(10)21-14/h7-9,17H,1-6H2,(H,24,25). The number of aliphatic imine (C=N–C) groups is 1. The minimum atomic E-state index is -1.09. The molecule has 0 radical (unpaired) electrons. The molecule has 0 saturated carbocycles. The first-order valence-electron chi connectivity index (χ1n) is 8.14. The van der Waals surface area contributed by atoms with Gasteiger partial charge in [-0.3, -0.25) is 4.99 Å². The summed E-state index contributed by atoms with van der Waals surface area (Å²) in [6.45, 7) is 3.90. The van der Waals surface area contributed by atoms with Crippen molar-refractivity contribution in [2.45, 2.75) is 6.42 Å². The van der Waals surface area contributed by atoms with Crippen molar-refractivity contribution in [1.82, 2.24) is 25.3 Å². The first kappa shape index (κ1) is 15.6. The van der Waals surface area contributed by atoms with Gasteiger partial charge in [-0.2, -0.15) is 0 Å². The van der Waals surface area contributed by atoms with E-state index < -0.39 is 5.97 Å². The van der Waals surface area contributed by atoms with Crippen molar-refractivity contribution in [2.24, 2.45) is 4.99 Å². The Morgan fingerprint density at radius 1 is 1.16 bits per heavy atom. The van der Waals surface area contributed by atoms with Gasteiger partial charge in [0.05, 0.1) is 5.69 Å². The molecule has 25 heavy (non-hydrogen) atoms. The van der Waals surface area contributed by atoms with Crippen LogP contribution in [0.4, 0.5) is 5.95 Å². The first-order valence-corrected chi connectivity index (χ1v) is 8.14. The molecule has 2 aliphatic heterocycles. The molecule has 9 heteroatoms. The molecule has 4 rings (SSSR count). The second kappa shape index (κ2) is 6.52. The van der Waals surface area contributed by atoms with Gasteiger partial charge in [0, 0.05) is 63.3 Å². The van der Waals surface area contributed by atoms with Gasteiger partial charge in [0.15, 0.2) is 5.82 Å². The number of nitrogens with zero attached hydrogens (tertiary/aromatic N) is 6. The fraction of sp³-hybridized carbons (Fsp3) is 0.375. The Balaban J connectivity index is 1.78. The summed E-state index contributed by atoms with van der Waals surface area (Å²) in [4.78, 5) is 35.4. The molecular formula is C16H17N7O2. The molecular weight excluding hydrogens is 322 g/mol. The predicted molar refractivity (Wildman–Crippen MR) is 91.3 cm³/mol. The van der Waals surface area contributed by atoms with E-state index in [1.54, 1.807) is 12.4 Å². The van der Waals surface area contributed by atoms with Gasteiger partial charge in [-0.15, -0.1) is 0 Å². The van der Waals surface area contributed by atoms with Crippen LogP contribution < -0.4 is 10.2 Å². The highest BCUT2D eigenvalue weighted by Gasteiger charge is 2.22. The Morgan fingerprint density at radius 2 is 2.00 bits per heavy atom. The summed E-state index contributed by atoms with van der Waals surface area (Å²) in [5.41, 5.74) is 1.98. The van der Waals surface area contributed by atoms with Crippen LogP contribution in [0.1, 0.15) is 21.6 Å². The van der Waals surface area contributed by atoms with E-state index in [-0.39, 0.29) is 11.3 Å². The molecule has 9 nitrogen and oxygen atoms in total. The number of carboxylic acid groups (broad SMARTS) is 1. The molecule has 0 aliphatic carbocycles. The van der Waals surface area contributed by atoms with Crippen LogP contribution in [0.3, 0.4) is 0 Å². The van der Waals surface area contributed by atoms with Crippen LogP contribution in [0, 0.1) is 0 Å². The minimum Gasteiger partial charge on any atom is -0.478 e. The summed E-state index contributed by atoms with van der Waals surface area (Å²) >= 11 is 0. The summed E-state index contributed by atoms with van der Waals surface area (Å²) in [7, 11) is 0. The van der Waals surface area contributed by atoms with Gasteiger partial charge in [-0.25, -0.2) is 24.7 Å². The lowest BCUT2D eigenvalue weighted by Crippen LogP contribution is -2.44. The van der Waals surface area contributed by atoms with Crippen LogP contribution in [0.5, 0.6) is 0 Å². The smallest absolute Gasteiger partial charge is 0.339 e. The number of hydrogen-bond acceptors (Lipinski definition) is 8. The number of fused-ring (bicyclic) bond motifs is 1. The predicted octanol–water partition coefficient (Wildman–Crippen LogP) is 0.0164. The number of nitrogens with one attached hydrogen (secondary N) is 1. The topological polar surface area (TPSA) is 116 Å². The zero-order valence-electron chi connectivity index (χ0n) is 13.5. The average molecular weight is 339 g/mol. The van der Waals surface area contributed by atoms with Gasteiger partial charge in [0.2, 0.25) is 5.95 Å². The molecule has 0 aromatic carbocycles. The molecule has 0 amide bonds. The van der Waals surface area contributed by atoms with E-state index >= 15 is 0 Å². The van der Waals surface area contributed by atoms with Crippen LogP contribution in [-0.4, -0.2) is 70.0 Å². The van der Waals surface area contributed by atoms with E-state index in [9.17, 15) is 9.90 Å². The maximum Gasteiger partial charge on any atom is 0.339 e. The van der Waals surface area contributed by atoms with Crippen molar-refractivity contribution >= 4 is 18.1 Å². The Kier molecular flexibility index (Phi) is 4.06. The van der Waals surface area contributed by atoms with E-state index in [4.69, 9.17) is 0 Å². The summed E-state index contributed by atoms with van der Waals surface area (Å²) in [5.74, 6) is -0.278. The summed E-state index contributed by atoms with van der Waals surface area (Å²) in [6, 6.07) is 0. The zero-order chi connectivity index (χ0) is 17.2. The maximum atomic E-state index is 11.6. The SMILES string of the molecule is O=C(O)c1cnc(N2CCNCC2)nc1-c1ncc2c(n1)CCN=C2. The molecule has 1 saturated heterocycles. The quantitative estimate of drug-likeness (QED) is 0.804. The van der Waals surface area contributed by atoms with Crippen LogP contribution in [-0.2, 0) is 6.42 Å². The largest absolute Gasteiger partial charge is 0.478 e. The second-order valence-electron chi connectivity index (χ2n) is 5.86. The number of anilines is 1. The third-order valence-corrected chi connectivity index (χ3v) is 4.23. The van der Waals surface area contributed by atoms with Crippen molar-refractivity contribution in [3.8, 4) is 11.5 Å². The molecule has 0 bridgehead atoms. The lowest BCUT2D eigenvalue weighted by molar-refractivity contribution is 0.0697. The first-order chi connectivity index (χ1) is 12.2. The lowest BCUT2D eigenvalue weighted by atomic mass is 10.1. The molecule has 4 heterocycles. The molecule has 128 valence electrons. The number of hydrogen-bond donors (Lipinski definition) is 2. The lowest BCUT2D eigenvalue weighted by Gasteiger charge is -2.27. The van der Waals surface area contributed by atoms with Crippen LogP contribution in [0.15, 0.2) is 17.4 Å². The van der Waals surface area contributed by atoms with Crippen molar-refractivity contribution in [3.05, 3.63) is 29.2 Å². The normalized spacial score (nSPS) is 16.6. The van der Waals surface area contributed by atoms with Gasteiger partial charge < -0.3 is 15.3 Å². The number of aromatic nitrogens is 4. The molecule has 2 aromatic rings. The van der Waals surface area contributed by atoms with E-state index in [1.807, 2.05) is 4.90 Å². The van der Waals surface area contributed by atoms with Gasteiger partial charge in [0.1, 0.15) is 11.3 Å². The zero-order valence-corrected chi connectivity index (χ0v) is 13.5. The average Bonchev–Trinajstić information content (AvgIpc) is 2.67. The number of rotatable bonds is 3. The monoisotopic (exact) mass is 339 g/mol. The van der Waals surface area contributed by atoms with Gasteiger partial charge in [-0.05, 0) is 0 Å². The highest BCUT2D eigenvalue weighted by Crippen LogP contribution is 2.22. The summed E-state index contributed by atoms with van der Waals surface area (Å²) < 4.78 is 0. The molecule has 0 unspecified atom stereocenters. The summed E-state index contributed by atoms with van der Waals surface area (Å²) in [6.07, 6.45) is 5.46. The fourth-order valence-electron chi connectivity index (χ4n) is 2.90. The van der Waals surface area contributed by atoms with Gasteiger partial charge in [-0.1, -0.05) is 0 Å². The van der Waals surface area contributed by atoms with Crippen molar-refractivity contribution in [3.63, 3.8) is 0 Å². The third kappa shape index (κ3) is 3.05.